The molecule has 2 rings (SSSR count). The van der Waals surface area contributed by atoms with Gasteiger partial charge in [0.05, 0.1) is 7.11 Å². The molecule has 0 bridgehead atoms. The van der Waals surface area contributed by atoms with Crippen LogP contribution in [-0.4, -0.2) is 7.11 Å². The zero-order valence-electron chi connectivity index (χ0n) is 8.60. The smallest absolute Gasteiger partial charge is 0.127 e. The lowest BCUT2D eigenvalue weighted by Gasteiger charge is -2.03. The molecule has 1 aromatic carbocycles. The van der Waals surface area contributed by atoms with Crippen molar-refractivity contribution in [2.24, 2.45) is 0 Å². The standard InChI is InChI=1S/C14H12O/c1-15-14-10-6-5-9-13(11-14)12-7-3-2-4-8-12/h2-5,7-11H,1H3. The van der Waals surface area contributed by atoms with Crippen molar-refractivity contribution in [1.29, 1.82) is 0 Å². The first-order chi connectivity index (χ1) is 7.40. The molecule has 0 fully saturated rings. The van der Waals surface area contributed by atoms with Crippen LogP contribution >= 0.6 is 0 Å². The van der Waals surface area contributed by atoms with E-state index in [0.717, 1.165) is 11.3 Å². The zero-order chi connectivity index (χ0) is 10.5. The van der Waals surface area contributed by atoms with Gasteiger partial charge < -0.3 is 4.74 Å². The molecule has 0 atom stereocenters. The van der Waals surface area contributed by atoms with Gasteiger partial charge in [-0.3, -0.25) is 0 Å². The maximum atomic E-state index is 5.21. The lowest BCUT2D eigenvalue weighted by atomic mass is 10.1. The van der Waals surface area contributed by atoms with Gasteiger partial charge in [-0.1, -0.05) is 30.3 Å². The van der Waals surface area contributed by atoms with Crippen LogP contribution in [0.5, 0.6) is 0 Å². The van der Waals surface area contributed by atoms with Crippen LogP contribution in [-0.2, 0) is 4.74 Å². The lowest BCUT2D eigenvalue weighted by Crippen LogP contribution is -1.84. The van der Waals surface area contributed by atoms with E-state index in [-0.39, 0.29) is 0 Å². The summed E-state index contributed by atoms with van der Waals surface area (Å²) in [5.41, 5.74) is 5.34. The molecule has 74 valence electrons. The maximum absolute atomic E-state index is 5.21. The van der Waals surface area contributed by atoms with E-state index in [2.05, 4.69) is 17.9 Å². The fourth-order valence-corrected chi connectivity index (χ4v) is 1.44. The number of benzene rings is 1. The Labute approximate surface area is 89.7 Å². The van der Waals surface area contributed by atoms with Crippen LogP contribution in [0.4, 0.5) is 0 Å². The van der Waals surface area contributed by atoms with Gasteiger partial charge in [0.1, 0.15) is 5.76 Å². The normalized spacial score (nSPS) is 14.2. The van der Waals surface area contributed by atoms with Crippen molar-refractivity contribution in [1.82, 2.24) is 0 Å². The number of hydrogen-bond acceptors (Lipinski definition) is 1. The average molecular weight is 196 g/mol. The maximum Gasteiger partial charge on any atom is 0.127 e. The first-order valence-corrected chi connectivity index (χ1v) is 4.84. The molecule has 1 nitrogen and oxygen atoms in total. The van der Waals surface area contributed by atoms with Crippen LogP contribution < -0.4 is 0 Å². The summed E-state index contributed by atoms with van der Waals surface area (Å²) in [4.78, 5) is 0. The Bertz CT molecular complexity index is 457. The monoisotopic (exact) mass is 196 g/mol. The van der Waals surface area contributed by atoms with E-state index in [0.29, 0.717) is 0 Å². The van der Waals surface area contributed by atoms with Crippen molar-refractivity contribution >= 4 is 5.57 Å². The number of ether oxygens (including phenoxy) is 1. The third-order valence-electron chi connectivity index (χ3n) is 2.23. The Hall–Kier alpha value is -1.98. The molecule has 0 saturated carbocycles. The predicted octanol–water partition coefficient (Wildman–Crippen LogP) is 3.33. The van der Waals surface area contributed by atoms with Gasteiger partial charge in [0.25, 0.3) is 0 Å². The average Bonchev–Trinajstić information content (AvgIpc) is 2.55. The number of hydrogen-bond donors (Lipinski definition) is 0. The molecule has 1 aromatic rings. The van der Waals surface area contributed by atoms with E-state index >= 15 is 0 Å². The second kappa shape index (κ2) is 4.50. The van der Waals surface area contributed by atoms with Crippen molar-refractivity contribution < 1.29 is 4.74 Å². The SMILES string of the molecule is COC1=CC(c2ccccc2)=CC=C=C1. The molecule has 1 aliphatic carbocycles. The molecule has 0 heterocycles. The molecular formula is C14H12O. The highest BCUT2D eigenvalue weighted by atomic mass is 16.5. The van der Waals surface area contributed by atoms with Crippen LogP contribution in [0.1, 0.15) is 5.56 Å². The first-order valence-electron chi connectivity index (χ1n) is 4.84. The van der Waals surface area contributed by atoms with Crippen LogP contribution in [0, 0.1) is 0 Å². The molecule has 1 aliphatic rings. The minimum atomic E-state index is 0.818. The van der Waals surface area contributed by atoms with Gasteiger partial charge in [-0.2, -0.15) is 0 Å². The molecule has 0 spiro atoms. The fraction of sp³-hybridized carbons (Fsp3) is 0.0714. The number of rotatable bonds is 2. The molecule has 0 aromatic heterocycles. The minimum absolute atomic E-state index is 0.818. The summed E-state index contributed by atoms with van der Waals surface area (Å²) in [6.07, 6.45) is 7.75. The molecular weight excluding hydrogens is 184 g/mol. The Morgan fingerprint density at radius 1 is 1.13 bits per heavy atom. The van der Waals surface area contributed by atoms with Gasteiger partial charge in [-0.15, -0.1) is 5.73 Å². The fourth-order valence-electron chi connectivity index (χ4n) is 1.44. The summed E-state index contributed by atoms with van der Waals surface area (Å²) in [5, 5.41) is 0. The quantitative estimate of drug-likeness (QED) is 0.659. The molecule has 0 radical (unpaired) electrons. The summed E-state index contributed by atoms with van der Waals surface area (Å²) in [7, 11) is 1.66. The van der Waals surface area contributed by atoms with Crippen LogP contribution in [0.15, 0.2) is 66.1 Å². The van der Waals surface area contributed by atoms with Crippen molar-refractivity contribution in [3.05, 3.63) is 71.7 Å². The molecule has 0 amide bonds. The van der Waals surface area contributed by atoms with E-state index in [1.54, 1.807) is 7.11 Å². The Morgan fingerprint density at radius 2 is 1.93 bits per heavy atom. The molecule has 0 saturated heterocycles. The van der Waals surface area contributed by atoms with Crippen molar-refractivity contribution in [3.8, 4) is 0 Å². The van der Waals surface area contributed by atoms with Gasteiger partial charge >= 0.3 is 0 Å². The summed E-state index contributed by atoms with van der Waals surface area (Å²) in [5.74, 6) is 0.818. The van der Waals surface area contributed by atoms with Crippen molar-refractivity contribution in [3.63, 3.8) is 0 Å². The van der Waals surface area contributed by atoms with Gasteiger partial charge in [0, 0.05) is 6.08 Å². The van der Waals surface area contributed by atoms with E-state index in [4.69, 9.17) is 4.74 Å². The van der Waals surface area contributed by atoms with Gasteiger partial charge in [0.15, 0.2) is 0 Å². The minimum Gasteiger partial charge on any atom is -0.496 e. The Kier molecular flexibility index (Phi) is 2.87. The summed E-state index contributed by atoms with van der Waals surface area (Å²) in [6, 6.07) is 10.2. The summed E-state index contributed by atoms with van der Waals surface area (Å²) in [6.45, 7) is 0. The van der Waals surface area contributed by atoms with E-state index in [9.17, 15) is 0 Å². The van der Waals surface area contributed by atoms with E-state index < -0.39 is 0 Å². The second-order valence-corrected chi connectivity index (χ2v) is 3.22. The number of allylic oxidation sites excluding steroid dienone is 4. The Morgan fingerprint density at radius 3 is 2.67 bits per heavy atom. The van der Waals surface area contributed by atoms with Gasteiger partial charge in [0.2, 0.25) is 0 Å². The highest BCUT2D eigenvalue weighted by Gasteiger charge is 2.00. The van der Waals surface area contributed by atoms with Gasteiger partial charge in [-0.25, -0.2) is 0 Å². The van der Waals surface area contributed by atoms with Crippen molar-refractivity contribution in [2.75, 3.05) is 7.11 Å². The third kappa shape index (κ3) is 2.28. The largest absolute Gasteiger partial charge is 0.496 e. The van der Waals surface area contributed by atoms with Crippen LogP contribution in [0.2, 0.25) is 0 Å². The summed E-state index contributed by atoms with van der Waals surface area (Å²) >= 11 is 0. The topological polar surface area (TPSA) is 9.23 Å². The number of methoxy groups -OCH3 is 1. The second-order valence-electron chi connectivity index (χ2n) is 3.22. The molecule has 1 heteroatoms. The molecule has 0 N–H and O–H groups in total. The van der Waals surface area contributed by atoms with E-state index in [1.165, 1.54) is 5.56 Å². The molecule has 0 unspecified atom stereocenters. The van der Waals surface area contributed by atoms with Crippen LogP contribution in [0.25, 0.3) is 5.57 Å². The zero-order valence-corrected chi connectivity index (χ0v) is 8.60. The highest BCUT2D eigenvalue weighted by Crippen LogP contribution is 2.19. The molecule has 0 aliphatic heterocycles. The lowest BCUT2D eigenvalue weighted by molar-refractivity contribution is 0.307. The highest BCUT2D eigenvalue weighted by molar-refractivity contribution is 5.76. The van der Waals surface area contributed by atoms with E-state index in [1.807, 2.05) is 42.5 Å². The molecule has 15 heavy (non-hydrogen) atoms. The Balaban J connectivity index is 2.40. The third-order valence-corrected chi connectivity index (χ3v) is 2.23. The first kappa shape index (κ1) is 9.57. The van der Waals surface area contributed by atoms with Crippen LogP contribution in [0.3, 0.4) is 0 Å². The van der Waals surface area contributed by atoms with Gasteiger partial charge in [-0.05, 0) is 29.4 Å². The predicted molar refractivity (Wildman–Crippen MR) is 62.2 cm³/mol. The van der Waals surface area contributed by atoms with Crippen molar-refractivity contribution in [2.45, 2.75) is 0 Å². The summed E-state index contributed by atoms with van der Waals surface area (Å²) < 4.78 is 5.21.